The van der Waals surface area contributed by atoms with Gasteiger partial charge in [-0.05, 0) is 22.3 Å². The summed E-state index contributed by atoms with van der Waals surface area (Å²) in [4.78, 5) is 2.97. The minimum Gasteiger partial charge on any atom is -0.479 e. The highest BCUT2D eigenvalue weighted by Crippen LogP contribution is 2.40. The van der Waals surface area contributed by atoms with Gasteiger partial charge in [-0.3, -0.25) is 0 Å². The van der Waals surface area contributed by atoms with E-state index >= 15 is 0 Å². The Morgan fingerprint density at radius 3 is 2.53 bits per heavy atom. The number of hydrogen-bond donors (Lipinski definition) is 0. The van der Waals surface area contributed by atoms with E-state index in [1.54, 1.807) is 6.26 Å². The molecule has 0 aliphatic carbocycles. The first-order chi connectivity index (χ1) is 9.37. The molecule has 92 valence electrons. The van der Waals surface area contributed by atoms with Crippen molar-refractivity contribution < 1.29 is 4.74 Å². The minimum absolute atomic E-state index is 0.810. The quantitative estimate of drug-likeness (QED) is 0.447. The average molecular weight is 249 g/mol. The van der Waals surface area contributed by atoms with E-state index in [0.29, 0.717) is 0 Å². The maximum absolute atomic E-state index is 8.92. The van der Waals surface area contributed by atoms with Gasteiger partial charge in [-0.2, -0.15) is 0 Å². The third kappa shape index (κ3) is 1.75. The average Bonchev–Trinajstić information content (AvgIpc) is 2.49. The Morgan fingerprint density at radius 1 is 1.00 bits per heavy atom. The predicted molar refractivity (Wildman–Crippen MR) is 72.9 cm³/mol. The highest BCUT2D eigenvalue weighted by atomic mass is 16.5. The van der Waals surface area contributed by atoms with Gasteiger partial charge in [0, 0.05) is 16.0 Å². The van der Waals surface area contributed by atoms with Gasteiger partial charge in [0.1, 0.15) is 0 Å². The molecule has 0 N–H and O–H groups in total. The maximum atomic E-state index is 8.92. The lowest BCUT2D eigenvalue weighted by atomic mass is 9.90. The molecule has 1 heterocycles. The van der Waals surface area contributed by atoms with Gasteiger partial charge >= 0.3 is 0 Å². The van der Waals surface area contributed by atoms with Crippen molar-refractivity contribution in [1.82, 2.24) is 0 Å². The van der Waals surface area contributed by atoms with E-state index in [-0.39, 0.29) is 0 Å². The molecule has 0 bridgehead atoms. The molecule has 19 heavy (non-hydrogen) atoms. The first-order valence-corrected chi connectivity index (χ1v) is 5.92. The van der Waals surface area contributed by atoms with Crippen LogP contribution in [0.2, 0.25) is 0 Å². The fourth-order valence-electron chi connectivity index (χ4n) is 2.31. The number of ether oxygens (including phenoxy) is 1. The van der Waals surface area contributed by atoms with Gasteiger partial charge in [0.2, 0.25) is 5.72 Å². The van der Waals surface area contributed by atoms with Gasteiger partial charge in [0.25, 0.3) is 0 Å². The monoisotopic (exact) mass is 249 g/mol. The van der Waals surface area contributed by atoms with Crippen molar-refractivity contribution >= 4 is 6.08 Å². The lowest BCUT2D eigenvalue weighted by Gasteiger charge is -2.33. The van der Waals surface area contributed by atoms with Crippen LogP contribution in [0.3, 0.4) is 0 Å². The van der Waals surface area contributed by atoms with E-state index in [4.69, 9.17) is 10.3 Å². The van der Waals surface area contributed by atoms with Gasteiger partial charge in [0.15, 0.2) is 0 Å². The third-order valence-electron chi connectivity index (χ3n) is 3.16. The summed E-state index contributed by atoms with van der Waals surface area (Å²) in [5.41, 5.74) is 10.5. The number of fused-ring (bicyclic) bond motifs is 1. The number of benzene rings is 2. The number of rotatable bonds is 2. The standard InChI is InChI=1S/C15H11N3O/c16-18-17-15(13-7-2-1-3-8-13)14-9-5-4-6-12(14)10-11-19-15/h1-11H. The molecule has 0 aromatic heterocycles. The molecule has 1 unspecified atom stereocenters. The zero-order chi connectivity index (χ0) is 13.1. The lowest BCUT2D eigenvalue weighted by Crippen LogP contribution is -2.29. The highest BCUT2D eigenvalue weighted by molar-refractivity contribution is 5.59. The van der Waals surface area contributed by atoms with Crippen LogP contribution in [-0.4, -0.2) is 0 Å². The van der Waals surface area contributed by atoms with Crippen molar-refractivity contribution in [3.63, 3.8) is 0 Å². The zero-order valence-corrected chi connectivity index (χ0v) is 10.1. The summed E-state index contributed by atoms with van der Waals surface area (Å²) in [5, 5.41) is 3.93. The van der Waals surface area contributed by atoms with E-state index in [9.17, 15) is 0 Å². The molecule has 2 aromatic carbocycles. The van der Waals surface area contributed by atoms with Crippen LogP contribution in [0.25, 0.3) is 16.5 Å². The summed E-state index contributed by atoms with van der Waals surface area (Å²) in [6.07, 6.45) is 3.44. The molecule has 0 spiro atoms. The van der Waals surface area contributed by atoms with Gasteiger partial charge in [-0.25, -0.2) is 0 Å². The molecule has 0 saturated carbocycles. The number of azide groups is 1. The molecule has 4 heteroatoms. The van der Waals surface area contributed by atoms with Crippen LogP contribution in [0.15, 0.2) is 66.0 Å². The molecule has 0 fully saturated rings. The molecule has 0 amide bonds. The van der Waals surface area contributed by atoms with Crippen LogP contribution in [0.1, 0.15) is 16.7 Å². The molecule has 4 nitrogen and oxygen atoms in total. The second-order valence-electron chi connectivity index (χ2n) is 4.21. The van der Waals surface area contributed by atoms with E-state index in [1.165, 1.54) is 0 Å². The van der Waals surface area contributed by atoms with E-state index in [0.717, 1.165) is 16.7 Å². The van der Waals surface area contributed by atoms with Gasteiger partial charge in [0.05, 0.1) is 6.26 Å². The normalized spacial score (nSPS) is 20.0. The van der Waals surface area contributed by atoms with Crippen molar-refractivity contribution in [3.05, 3.63) is 88.0 Å². The summed E-state index contributed by atoms with van der Waals surface area (Å²) in [7, 11) is 0. The van der Waals surface area contributed by atoms with Crippen LogP contribution in [0, 0.1) is 0 Å². The Morgan fingerprint density at radius 2 is 1.74 bits per heavy atom. The van der Waals surface area contributed by atoms with Crippen molar-refractivity contribution in [1.29, 1.82) is 0 Å². The minimum atomic E-state index is -1.12. The summed E-state index contributed by atoms with van der Waals surface area (Å²) in [5.74, 6) is 0. The molecule has 2 aromatic rings. The predicted octanol–water partition coefficient (Wildman–Crippen LogP) is 4.20. The van der Waals surface area contributed by atoms with Crippen molar-refractivity contribution in [2.24, 2.45) is 5.11 Å². The van der Waals surface area contributed by atoms with E-state index in [1.807, 2.05) is 60.7 Å². The maximum Gasteiger partial charge on any atom is 0.237 e. The second kappa shape index (κ2) is 4.52. The largest absolute Gasteiger partial charge is 0.479 e. The number of nitrogens with zero attached hydrogens (tertiary/aromatic N) is 3. The molecular weight excluding hydrogens is 238 g/mol. The molecule has 0 radical (unpaired) electrons. The Kier molecular flexibility index (Phi) is 2.71. The summed E-state index contributed by atoms with van der Waals surface area (Å²) < 4.78 is 5.72. The third-order valence-corrected chi connectivity index (χ3v) is 3.16. The molecule has 1 atom stereocenters. The van der Waals surface area contributed by atoms with Crippen LogP contribution < -0.4 is 0 Å². The second-order valence-corrected chi connectivity index (χ2v) is 4.21. The van der Waals surface area contributed by atoms with Crippen LogP contribution >= 0.6 is 0 Å². The van der Waals surface area contributed by atoms with Crippen molar-refractivity contribution in [3.8, 4) is 0 Å². The summed E-state index contributed by atoms with van der Waals surface area (Å²) >= 11 is 0. The summed E-state index contributed by atoms with van der Waals surface area (Å²) in [6, 6.07) is 17.2. The highest BCUT2D eigenvalue weighted by Gasteiger charge is 2.38. The molecule has 1 aliphatic heterocycles. The molecule has 1 aliphatic rings. The van der Waals surface area contributed by atoms with Crippen LogP contribution in [-0.2, 0) is 10.5 Å². The Hall–Kier alpha value is -2.71. The smallest absolute Gasteiger partial charge is 0.237 e. The van der Waals surface area contributed by atoms with Gasteiger partial charge in [-0.15, -0.1) is 0 Å². The number of hydrogen-bond acceptors (Lipinski definition) is 2. The zero-order valence-electron chi connectivity index (χ0n) is 10.1. The van der Waals surface area contributed by atoms with Gasteiger partial charge < -0.3 is 4.74 Å². The molecule has 0 saturated heterocycles. The molecule has 3 rings (SSSR count). The van der Waals surface area contributed by atoms with Crippen molar-refractivity contribution in [2.75, 3.05) is 0 Å². The SMILES string of the molecule is [N-]=[N+]=NC1(c2ccccc2)OC=Cc2ccccc21. The fraction of sp³-hybridized carbons (Fsp3) is 0.0667. The topological polar surface area (TPSA) is 58.0 Å². The van der Waals surface area contributed by atoms with Crippen molar-refractivity contribution in [2.45, 2.75) is 5.72 Å². The lowest BCUT2D eigenvalue weighted by molar-refractivity contribution is 0.0626. The first kappa shape index (κ1) is 11.4. The van der Waals surface area contributed by atoms with E-state index in [2.05, 4.69) is 10.0 Å². The first-order valence-electron chi connectivity index (χ1n) is 5.92. The summed E-state index contributed by atoms with van der Waals surface area (Å²) in [6.45, 7) is 0. The Balaban J connectivity index is 2.29. The fourth-order valence-corrected chi connectivity index (χ4v) is 2.31. The Bertz CT molecular complexity index is 675. The molecular formula is C15H11N3O. The van der Waals surface area contributed by atoms with E-state index < -0.39 is 5.72 Å². The van der Waals surface area contributed by atoms with Crippen LogP contribution in [0.5, 0.6) is 0 Å². The van der Waals surface area contributed by atoms with Gasteiger partial charge in [-0.1, -0.05) is 54.6 Å². The Labute approximate surface area is 110 Å². The van der Waals surface area contributed by atoms with Crippen LogP contribution in [0.4, 0.5) is 0 Å².